The van der Waals surface area contributed by atoms with E-state index in [-0.39, 0.29) is 18.2 Å². The van der Waals surface area contributed by atoms with Crippen molar-refractivity contribution in [2.24, 2.45) is 13.0 Å². The minimum Gasteiger partial charge on any atom is -0.480 e. The Morgan fingerprint density at radius 3 is 2.59 bits per heavy atom. The van der Waals surface area contributed by atoms with Gasteiger partial charge in [-0.15, -0.1) is 0 Å². The fraction of sp³-hybridized carbons (Fsp3) is 0.364. The minimum atomic E-state index is -0.819. The topological polar surface area (TPSA) is 88.3 Å². The summed E-state index contributed by atoms with van der Waals surface area (Å²) in [6.45, 7) is 1.36. The fourth-order valence-electron chi connectivity index (χ4n) is 3.96. The van der Waals surface area contributed by atoms with E-state index in [9.17, 15) is 9.59 Å². The molecule has 0 saturated carbocycles. The van der Waals surface area contributed by atoms with Crippen LogP contribution in [0.3, 0.4) is 0 Å². The highest BCUT2D eigenvalue weighted by atomic mass is 16.4. The SMILES string of the molecule is Cn1cc(-c2ccc3cnc(CC(=O)C4CCN(CC(=O)O)CC4)cc3c2)cn1. The van der Waals surface area contributed by atoms with Crippen molar-refractivity contribution in [3.05, 3.63) is 48.5 Å². The number of carboxylic acids is 1. The molecule has 0 unspecified atom stereocenters. The number of hydrogen-bond acceptors (Lipinski definition) is 5. The maximum atomic E-state index is 12.7. The first-order valence-electron chi connectivity index (χ1n) is 9.82. The van der Waals surface area contributed by atoms with Crippen LogP contribution in [0.4, 0.5) is 0 Å². The maximum Gasteiger partial charge on any atom is 0.317 e. The number of ketones is 1. The maximum absolute atomic E-state index is 12.7. The number of carboxylic acid groups (broad SMARTS) is 1. The Bertz CT molecular complexity index is 1050. The standard InChI is InChI=1S/C22H24N4O3/c1-25-13-19(12-24-25)16-2-3-17-11-23-20(9-18(17)8-16)10-21(27)15-4-6-26(7-5-15)14-22(28)29/h2-3,8-9,11-13,15H,4-7,10,14H2,1H3,(H,28,29). The first-order valence-corrected chi connectivity index (χ1v) is 9.82. The quantitative estimate of drug-likeness (QED) is 0.694. The molecular formula is C22H24N4O3. The summed E-state index contributed by atoms with van der Waals surface area (Å²) in [6, 6.07) is 8.18. The van der Waals surface area contributed by atoms with Crippen molar-refractivity contribution in [2.75, 3.05) is 19.6 Å². The molecule has 1 saturated heterocycles. The van der Waals surface area contributed by atoms with Crippen LogP contribution in [0.5, 0.6) is 0 Å². The zero-order chi connectivity index (χ0) is 20.4. The van der Waals surface area contributed by atoms with Crippen molar-refractivity contribution >= 4 is 22.5 Å². The molecule has 0 radical (unpaired) electrons. The monoisotopic (exact) mass is 392 g/mol. The van der Waals surface area contributed by atoms with Gasteiger partial charge in [-0.1, -0.05) is 12.1 Å². The number of carbonyl (C=O) groups is 2. The van der Waals surface area contributed by atoms with Crippen LogP contribution in [0.1, 0.15) is 18.5 Å². The van der Waals surface area contributed by atoms with Crippen molar-refractivity contribution in [1.29, 1.82) is 0 Å². The van der Waals surface area contributed by atoms with Crippen LogP contribution in [0.2, 0.25) is 0 Å². The van der Waals surface area contributed by atoms with E-state index in [1.165, 1.54) is 0 Å². The first-order chi connectivity index (χ1) is 14.0. The van der Waals surface area contributed by atoms with Crippen molar-refractivity contribution in [3.63, 3.8) is 0 Å². The predicted octanol–water partition coefficient (Wildman–Crippen LogP) is 2.54. The van der Waals surface area contributed by atoms with Gasteiger partial charge in [-0.3, -0.25) is 24.2 Å². The average Bonchev–Trinajstić information content (AvgIpc) is 3.14. The van der Waals surface area contributed by atoms with Gasteiger partial charge in [0, 0.05) is 48.4 Å². The first kappa shape index (κ1) is 19.3. The van der Waals surface area contributed by atoms with Crippen LogP contribution in [-0.2, 0) is 23.1 Å². The number of aliphatic carboxylic acids is 1. The zero-order valence-electron chi connectivity index (χ0n) is 16.4. The summed E-state index contributed by atoms with van der Waals surface area (Å²) < 4.78 is 1.78. The predicted molar refractivity (Wildman–Crippen MR) is 109 cm³/mol. The minimum absolute atomic E-state index is 0.0146. The van der Waals surface area contributed by atoms with Gasteiger partial charge in [-0.2, -0.15) is 5.10 Å². The third-order valence-electron chi connectivity index (χ3n) is 5.57. The number of carbonyl (C=O) groups excluding carboxylic acids is 1. The summed E-state index contributed by atoms with van der Waals surface area (Å²) in [7, 11) is 1.89. The number of nitrogens with zero attached hydrogens (tertiary/aromatic N) is 4. The molecule has 7 heteroatoms. The second-order valence-electron chi connectivity index (χ2n) is 7.73. The molecule has 3 aromatic rings. The van der Waals surface area contributed by atoms with E-state index in [0.29, 0.717) is 32.4 Å². The number of fused-ring (bicyclic) bond motifs is 1. The van der Waals surface area contributed by atoms with Crippen LogP contribution in [0, 0.1) is 5.92 Å². The molecule has 3 heterocycles. The van der Waals surface area contributed by atoms with Crippen LogP contribution in [-0.4, -0.2) is 56.2 Å². The van der Waals surface area contributed by atoms with Crippen molar-refractivity contribution in [1.82, 2.24) is 19.7 Å². The highest BCUT2D eigenvalue weighted by molar-refractivity contribution is 5.88. The number of aromatic nitrogens is 3. The molecular weight excluding hydrogens is 368 g/mol. The van der Waals surface area contributed by atoms with Gasteiger partial charge in [0.15, 0.2) is 0 Å². The molecule has 1 aromatic carbocycles. The molecule has 0 bridgehead atoms. The molecule has 0 aliphatic carbocycles. The average molecular weight is 392 g/mol. The second kappa shape index (κ2) is 8.13. The van der Waals surface area contributed by atoms with E-state index in [2.05, 4.69) is 22.2 Å². The Morgan fingerprint density at radius 1 is 1.10 bits per heavy atom. The Hall–Kier alpha value is -3.06. The Kier molecular flexibility index (Phi) is 5.40. The van der Waals surface area contributed by atoms with Gasteiger partial charge in [0.25, 0.3) is 0 Å². The molecule has 0 atom stereocenters. The van der Waals surface area contributed by atoms with Gasteiger partial charge in [0.05, 0.1) is 12.7 Å². The molecule has 7 nitrogen and oxygen atoms in total. The summed E-state index contributed by atoms with van der Waals surface area (Å²) in [5, 5.41) is 15.2. The Labute approximate surface area is 169 Å². The van der Waals surface area contributed by atoms with Crippen molar-refractivity contribution < 1.29 is 14.7 Å². The van der Waals surface area contributed by atoms with E-state index in [1.807, 2.05) is 42.7 Å². The molecule has 1 aliphatic heterocycles. The van der Waals surface area contributed by atoms with Gasteiger partial charge >= 0.3 is 5.97 Å². The van der Waals surface area contributed by atoms with E-state index in [1.54, 1.807) is 4.68 Å². The normalized spacial score (nSPS) is 15.6. The summed E-state index contributed by atoms with van der Waals surface area (Å²) in [5.41, 5.74) is 2.91. The molecule has 1 fully saturated rings. The van der Waals surface area contributed by atoms with Gasteiger partial charge < -0.3 is 5.11 Å². The van der Waals surface area contributed by atoms with Gasteiger partial charge in [0.2, 0.25) is 0 Å². The molecule has 4 rings (SSSR count). The molecule has 0 spiro atoms. The number of hydrogen-bond donors (Lipinski definition) is 1. The van der Waals surface area contributed by atoms with Gasteiger partial charge in [0.1, 0.15) is 5.78 Å². The lowest BCUT2D eigenvalue weighted by Crippen LogP contribution is -2.39. The number of aryl methyl sites for hydroxylation is 1. The van der Waals surface area contributed by atoms with E-state index >= 15 is 0 Å². The summed E-state index contributed by atoms with van der Waals surface area (Å²) in [5.74, 6) is -0.643. The molecule has 150 valence electrons. The lowest BCUT2D eigenvalue weighted by atomic mass is 9.90. The Morgan fingerprint density at radius 2 is 1.90 bits per heavy atom. The lowest BCUT2D eigenvalue weighted by molar-refractivity contribution is -0.138. The molecule has 1 aliphatic rings. The molecule has 0 amide bonds. The Balaban J connectivity index is 1.45. The van der Waals surface area contributed by atoms with Crippen LogP contribution < -0.4 is 0 Å². The number of benzene rings is 1. The van der Waals surface area contributed by atoms with Gasteiger partial charge in [-0.05, 0) is 49.0 Å². The molecule has 29 heavy (non-hydrogen) atoms. The molecule has 2 aromatic heterocycles. The van der Waals surface area contributed by atoms with Crippen LogP contribution in [0.15, 0.2) is 42.9 Å². The van der Waals surface area contributed by atoms with E-state index in [4.69, 9.17) is 5.11 Å². The number of piperidine rings is 1. The highest BCUT2D eigenvalue weighted by Crippen LogP contribution is 2.25. The number of likely N-dealkylation sites (tertiary alicyclic amines) is 1. The zero-order valence-corrected chi connectivity index (χ0v) is 16.4. The largest absolute Gasteiger partial charge is 0.480 e. The van der Waals surface area contributed by atoms with E-state index in [0.717, 1.165) is 27.6 Å². The smallest absolute Gasteiger partial charge is 0.317 e. The fourth-order valence-corrected chi connectivity index (χ4v) is 3.96. The van der Waals surface area contributed by atoms with Gasteiger partial charge in [-0.25, -0.2) is 0 Å². The van der Waals surface area contributed by atoms with Crippen molar-refractivity contribution in [3.8, 4) is 11.1 Å². The van der Waals surface area contributed by atoms with Crippen LogP contribution in [0.25, 0.3) is 21.9 Å². The van der Waals surface area contributed by atoms with Crippen molar-refractivity contribution in [2.45, 2.75) is 19.3 Å². The number of pyridine rings is 1. The molecule has 1 N–H and O–H groups in total. The summed E-state index contributed by atoms with van der Waals surface area (Å²) in [6.07, 6.45) is 7.37. The second-order valence-corrected chi connectivity index (χ2v) is 7.73. The highest BCUT2D eigenvalue weighted by Gasteiger charge is 2.26. The third-order valence-corrected chi connectivity index (χ3v) is 5.57. The lowest BCUT2D eigenvalue weighted by Gasteiger charge is -2.29. The summed E-state index contributed by atoms with van der Waals surface area (Å²) >= 11 is 0. The van der Waals surface area contributed by atoms with Crippen LogP contribution >= 0.6 is 0 Å². The van der Waals surface area contributed by atoms with E-state index < -0.39 is 5.97 Å². The number of Topliss-reactive ketones (excluding diaryl/α,β-unsaturated/α-hetero) is 1. The summed E-state index contributed by atoms with van der Waals surface area (Å²) in [4.78, 5) is 29.9. The number of rotatable bonds is 6. The third kappa shape index (κ3) is 4.51.